The predicted octanol–water partition coefficient (Wildman–Crippen LogP) is 0.214. The van der Waals surface area contributed by atoms with Gasteiger partial charge in [0, 0.05) is 44.0 Å². The van der Waals surface area contributed by atoms with Crippen LogP contribution in [0.5, 0.6) is 0 Å². The van der Waals surface area contributed by atoms with Gasteiger partial charge in [-0.2, -0.15) is 5.10 Å². The summed E-state index contributed by atoms with van der Waals surface area (Å²) in [4.78, 5) is 29.7. The minimum absolute atomic E-state index is 0.0512. The molecule has 1 fully saturated rings. The van der Waals surface area contributed by atoms with Gasteiger partial charge < -0.3 is 10.2 Å². The third kappa shape index (κ3) is 2.58. The lowest BCUT2D eigenvalue weighted by atomic mass is 10.1. The van der Waals surface area contributed by atoms with Crippen LogP contribution in [-0.2, 0) is 16.1 Å². The van der Waals surface area contributed by atoms with Crippen molar-refractivity contribution in [1.82, 2.24) is 24.8 Å². The van der Waals surface area contributed by atoms with Gasteiger partial charge in [0.05, 0.1) is 12.1 Å². The fourth-order valence-corrected chi connectivity index (χ4v) is 2.58. The maximum absolute atomic E-state index is 12.1. The monoisotopic (exact) mass is 287 g/mol. The lowest BCUT2D eigenvalue weighted by molar-refractivity contribution is -0.128. The Kier molecular flexibility index (Phi) is 3.55. The van der Waals surface area contributed by atoms with E-state index in [2.05, 4.69) is 15.4 Å². The number of carbonyl (C=O) groups is 2. The zero-order valence-electron chi connectivity index (χ0n) is 11.8. The molecule has 1 saturated heterocycles. The predicted molar refractivity (Wildman–Crippen MR) is 75.2 cm³/mol. The zero-order chi connectivity index (χ0) is 14.8. The van der Waals surface area contributed by atoms with Crippen molar-refractivity contribution in [1.29, 1.82) is 0 Å². The van der Waals surface area contributed by atoms with Gasteiger partial charge >= 0.3 is 0 Å². The Labute approximate surface area is 122 Å². The molecule has 0 radical (unpaired) electrons. The molecule has 0 aromatic carbocycles. The van der Waals surface area contributed by atoms with Crippen molar-refractivity contribution in [2.45, 2.75) is 19.9 Å². The lowest BCUT2D eigenvalue weighted by Gasteiger charge is -2.13. The van der Waals surface area contributed by atoms with Gasteiger partial charge in [0.1, 0.15) is 0 Å². The molecule has 21 heavy (non-hydrogen) atoms. The van der Waals surface area contributed by atoms with Gasteiger partial charge in [-0.25, -0.2) is 9.50 Å². The average molecular weight is 287 g/mol. The lowest BCUT2D eigenvalue weighted by Crippen LogP contribution is -2.32. The SMILES string of the molecule is CCN1C[C@H](C(=O)NCc2cnn3cccnc23)CC1=O. The fraction of sp³-hybridized carbons (Fsp3) is 0.429. The molecule has 1 atom stereocenters. The number of fused-ring (bicyclic) bond motifs is 1. The van der Waals surface area contributed by atoms with Crippen molar-refractivity contribution in [3.8, 4) is 0 Å². The molecule has 2 aromatic heterocycles. The van der Waals surface area contributed by atoms with Crippen LogP contribution in [0.15, 0.2) is 24.7 Å². The van der Waals surface area contributed by atoms with Crippen LogP contribution >= 0.6 is 0 Å². The first kappa shape index (κ1) is 13.5. The summed E-state index contributed by atoms with van der Waals surface area (Å²) >= 11 is 0. The molecule has 2 aromatic rings. The first-order valence-electron chi connectivity index (χ1n) is 7.01. The molecule has 0 bridgehead atoms. The summed E-state index contributed by atoms with van der Waals surface area (Å²) in [5.74, 6) is -0.294. The summed E-state index contributed by atoms with van der Waals surface area (Å²) in [7, 11) is 0. The quantitative estimate of drug-likeness (QED) is 0.872. The second-order valence-electron chi connectivity index (χ2n) is 5.11. The van der Waals surface area contributed by atoms with Crippen molar-refractivity contribution >= 4 is 17.5 Å². The highest BCUT2D eigenvalue weighted by Gasteiger charge is 2.33. The number of aromatic nitrogens is 3. The van der Waals surface area contributed by atoms with Crippen LogP contribution < -0.4 is 5.32 Å². The summed E-state index contributed by atoms with van der Waals surface area (Å²) < 4.78 is 1.67. The van der Waals surface area contributed by atoms with Crippen LogP contribution in [0, 0.1) is 5.92 Å². The van der Waals surface area contributed by atoms with Crippen LogP contribution in [0.1, 0.15) is 18.9 Å². The molecule has 0 aliphatic carbocycles. The van der Waals surface area contributed by atoms with Gasteiger partial charge in [-0.15, -0.1) is 0 Å². The highest BCUT2D eigenvalue weighted by Crippen LogP contribution is 2.17. The molecule has 7 nitrogen and oxygen atoms in total. The Hall–Kier alpha value is -2.44. The van der Waals surface area contributed by atoms with E-state index in [0.717, 1.165) is 11.2 Å². The number of hydrogen-bond donors (Lipinski definition) is 1. The topological polar surface area (TPSA) is 79.6 Å². The normalized spacial score (nSPS) is 18.4. The van der Waals surface area contributed by atoms with Crippen molar-refractivity contribution < 1.29 is 9.59 Å². The van der Waals surface area contributed by atoms with Gasteiger partial charge in [0.2, 0.25) is 11.8 Å². The van der Waals surface area contributed by atoms with Gasteiger partial charge in [0.15, 0.2) is 5.65 Å². The molecule has 1 aliphatic rings. The summed E-state index contributed by atoms with van der Waals surface area (Å²) in [5.41, 5.74) is 1.59. The second kappa shape index (κ2) is 5.51. The first-order valence-corrected chi connectivity index (χ1v) is 7.01. The maximum atomic E-state index is 12.1. The first-order chi connectivity index (χ1) is 10.2. The standard InChI is InChI=1S/C14H17N5O2/c1-2-18-9-10(6-12(18)20)14(21)16-7-11-8-17-19-5-3-4-15-13(11)19/h3-5,8,10H,2,6-7,9H2,1H3,(H,16,21)/t10-/m1/s1. The molecule has 0 saturated carbocycles. The molecule has 1 N–H and O–H groups in total. The Morgan fingerprint density at radius 3 is 3.14 bits per heavy atom. The molecule has 0 unspecified atom stereocenters. The van der Waals surface area contributed by atoms with Crippen molar-refractivity contribution in [3.05, 3.63) is 30.2 Å². The Bertz CT molecular complexity index is 681. The molecular weight excluding hydrogens is 270 g/mol. The second-order valence-corrected chi connectivity index (χ2v) is 5.11. The maximum Gasteiger partial charge on any atom is 0.225 e. The van der Waals surface area contributed by atoms with E-state index in [9.17, 15) is 9.59 Å². The van der Waals surface area contributed by atoms with E-state index in [1.54, 1.807) is 27.9 Å². The van der Waals surface area contributed by atoms with E-state index in [1.807, 2.05) is 13.1 Å². The molecule has 2 amide bonds. The number of rotatable bonds is 4. The summed E-state index contributed by atoms with van der Waals surface area (Å²) in [6.45, 7) is 3.45. The molecule has 3 heterocycles. The van der Waals surface area contributed by atoms with Crippen molar-refractivity contribution in [2.24, 2.45) is 5.92 Å². The summed E-state index contributed by atoms with van der Waals surface area (Å²) in [6, 6.07) is 1.80. The third-order valence-electron chi connectivity index (χ3n) is 3.77. The van der Waals surface area contributed by atoms with E-state index in [-0.39, 0.29) is 17.7 Å². The molecule has 110 valence electrons. The zero-order valence-corrected chi connectivity index (χ0v) is 11.8. The average Bonchev–Trinajstić information content (AvgIpc) is 3.08. The van der Waals surface area contributed by atoms with E-state index in [1.165, 1.54) is 0 Å². The van der Waals surface area contributed by atoms with Gasteiger partial charge in [-0.1, -0.05) is 0 Å². The van der Waals surface area contributed by atoms with Crippen LogP contribution in [0.2, 0.25) is 0 Å². The summed E-state index contributed by atoms with van der Waals surface area (Å²) in [6.07, 6.45) is 5.49. The minimum atomic E-state index is -0.257. The molecule has 1 aliphatic heterocycles. The number of amides is 2. The van der Waals surface area contributed by atoms with Crippen LogP contribution in [0.3, 0.4) is 0 Å². The largest absolute Gasteiger partial charge is 0.352 e. The highest BCUT2D eigenvalue weighted by atomic mass is 16.2. The third-order valence-corrected chi connectivity index (χ3v) is 3.77. The fourth-order valence-electron chi connectivity index (χ4n) is 2.58. The van der Waals surface area contributed by atoms with E-state index in [4.69, 9.17) is 0 Å². The van der Waals surface area contributed by atoms with Gasteiger partial charge in [-0.3, -0.25) is 9.59 Å². The van der Waals surface area contributed by atoms with Crippen molar-refractivity contribution in [3.63, 3.8) is 0 Å². The van der Waals surface area contributed by atoms with Crippen LogP contribution in [-0.4, -0.2) is 44.4 Å². The van der Waals surface area contributed by atoms with Crippen molar-refractivity contribution in [2.75, 3.05) is 13.1 Å². The highest BCUT2D eigenvalue weighted by molar-refractivity contribution is 5.89. The molecule has 0 spiro atoms. The Morgan fingerprint density at radius 2 is 2.38 bits per heavy atom. The van der Waals surface area contributed by atoms with E-state index in [0.29, 0.717) is 26.1 Å². The van der Waals surface area contributed by atoms with Crippen LogP contribution in [0.25, 0.3) is 5.65 Å². The molecule has 3 rings (SSSR count). The van der Waals surface area contributed by atoms with Gasteiger partial charge in [-0.05, 0) is 13.0 Å². The number of hydrogen-bond acceptors (Lipinski definition) is 4. The number of carbonyl (C=O) groups excluding carboxylic acids is 2. The molecule has 7 heteroatoms. The summed E-state index contributed by atoms with van der Waals surface area (Å²) in [5, 5.41) is 7.05. The number of nitrogens with zero attached hydrogens (tertiary/aromatic N) is 4. The number of likely N-dealkylation sites (tertiary alicyclic amines) is 1. The minimum Gasteiger partial charge on any atom is -0.352 e. The van der Waals surface area contributed by atoms with E-state index < -0.39 is 0 Å². The van der Waals surface area contributed by atoms with Gasteiger partial charge in [0.25, 0.3) is 0 Å². The van der Waals surface area contributed by atoms with E-state index >= 15 is 0 Å². The Morgan fingerprint density at radius 1 is 1.52 bits per heavy atom. The van der Waals surface area contributed by atoms with Crippen LogP contribution in [0.4, 0.5) is 0 Å². The molecular formula is C14H17N5O2. The Balaban J connectivity index is 1.63. The smallest absolute Gasteiger partial charge is 0.225 e. The number of nitrogens with one attached hydrogen (secondary N) is 1.